The van der Waals surface area contributed by atoms with Gasteiger partial charge in [-0.2, -0.15) is 0 Å². The molecule has 0 spiro atoms. The number of anilines is 1. The van der Waals surface area contributed by atoms with Crippen molar-refractivity contribution in [3.05, 3.63) is 59.9 Å². The van der Waals surface area contributed by atoms with E-state index in [1.165, 1.54) is 17.4 Å². The highest BCUT2D eigenvalue weighted by Gasteiger charge is 2.15. The molecule has 1 N–H and O–H groups in total. The van der Waals surface area contributed by atoms with Gasteiger partial charge in [0.25, 0.3) is 0 Å². The number of amides is 2. The molecule has 2 aromatic rings. The van der Waals surface area contributed by atoms with Crippen LogP contribution in [0, 0.1) is 0 Å². The highest BCUT2D eigenvalue weighted by atomic mass is 16.2. The highest BCUT2D eigenvalue weighted by Crippen LogP contribution is 2.15. The third-order valence-electron chi connectivity index (χ3n) is 3.53. The zero-order valence-corrected chi connectivity index (χ0v) is 13.5. The fourth-order valence-electron chi connectivity index (χ4n) is 2.19. The van der Waals surface area contributed by atoms with E-state index < -0.39 is 0 Å². The minimum absolute atomic E-state index is 0.00631. The number of nitrogens with zero attached hydrogens (tertiary/aromatic N) is 2. The summed E-state index contributed by atoms with van der Waals surface area (Å²) < 4.78 is 0. The Morgan fingerprint density at radius 2 is 1.87 bits per heavy atom. The molecule has 0 unspecified atom stereocenters. The van der Waals surface area contributed by atoms with Crippen LogP contribution >= 0.6 is 0 Å². The second-order valence-electron chi connectivity index (χ2n) is 5.22. The van der Waals surface area contributed by atoms with Crippen molar-refractivity contribution in [2.45, 2.75) is 26.8 Å². The number of aryl methyl sites for hydroxylation is 1. The van der Waals surface area contributed by atoms with Crippen LogP contribution in [-0.4, -0.2) is 23.3 Å². The van der Waals surface area contributed by atoms with Gasteiger partial charge in [0.05, 0.1) is 12.2 Å². The van der Waals surface area contributed by atoms with Gasteiger partial charge in [-0.1, -0.05) is 25.1 Å². The number of nitrogens with one attached hydrogen (secondary N) is 1. The number of benzene rings is 1. The van der Waals surface area contributed by atoms with Crippen LogP contribution in [0.15, 0.2) is 48.7 Å². The molecule has 0 bridgehead atoms. The number of hydrogen-bond acceptors (Lipinski definition) is 3. The minimum atomic E-state index is -0.217. The van der Waals surface area contributed by atoms with Gasteiger partial charge in [-0.3, -0.25) is 14.6 Å². The Bertz CT molecular complexity index is 654. The summed E-state index contributed by atoms with van der Waals surface area (Å²) in [5.41, 5.74) is 2.70. The number of aromatic nitrogens is 1. The van der Waals surface area contributed by atoms with Crippen LogP contribution < -0.4 is 10.2 Å². The summed E-state index contributed by atoms with van der Waals surface area (Å²) in [5.74, 6) is -0.382. The smallest absolute Gasteiger partial charge is 0.240 e. The molecule has 0 saturated carbocycles. The van der Waals surface area contributed by atoms with Gasteiger partial charge in [0, 0.05) is 18.8 Å². The van der Waals surface area contributed by atoms with E-state index in [0.717, 1.165) is 17.8 Å². The quantitative estimate of drug-likeness (QED) is 0.890. The molecule has 120 valence electrons. The van der Waals surface area contributed by atoms with Gasteiger partial charge in [-0.05, 0) is 36.2 Å². The molecular formula is C18H21N3O2. The van der Waals surface area contributed by atoms with Crippen LogP contribution in [0.5, 0.6) is 0 Å². The largest absolute Gasteiger partial charge is 0.349 e. The van der Waals surface area contributed by atoms with E-state index in [9.17, 15) is 9.59 Å². The average Bonchev–Trinajstić information content (AvgIpc) is 2.58. The number of hydrogen-bond donors (Lipinski definition) is 1. The lowest BCUT2D eigenvalue weighted by Crippen LogP contribution is -2.39. The van der Waals surface area contributed by atoms with E-state index in [1.807, 2.05) is 42.5 Å². The summed E-state index contributed by atoms with van der Waals surface area (Å²) in [5, 5.41) is 2.78. The fraction of sp³-hybridized carbons (Fsp3) is 0.278. The number of carbonyl (C=O) groups is 2. The van der Waals surface area contributed by atoms with Gasteiger partial charge in [-0.25, -0.2) is 0 Å². The van der Waals surface area contributed by atoms with E-state index in [0.29, 0.717) is 6.54 Å². The fourth-order valence-corrected chi connectivity index (χ4v) is 2.19. The maximum absolute atomic E-state index is 12.1. The maximum Gasteiger partial charge on any atom is 0.240 e. The zero-order valence-electron chi connectivity index (χ0n) is 13.5. The highest BCUT2D eigenvalue weighted by molar-refractivity contribution is 5.97. The lowest BCUT2D eigenvalue weighted by Gasteiger charge is -2.21. The van der Waals surface area contributed by atoms with E-state index >= 15 is 0 Å². The molecule has 2 rings (SSSR count). The summed E-state index contributed by atoms with van der Waals surface area (Å²) in [6, 6.07) is 13.2. The van der Waals surface area contributed by atoms with Gasteiger partial charge < -0.3 is 10.2 Å². The predicted molar refractivity (Wildman–Crippen MR) is 89.9 cm³/mol. The van der Waals surface area contributed by atoms with Crippen molar-refractivity contribution in [3.8, 4) is 0 Å². The molecule has 0 aliphatic carbocycles. The Morgan fingerprint density at radius 3 is 2.43 bits per heavy atom. The van der Waals surface area contributed by atoms with Crippen molar-refractivity contribution in [1.82, 2.24) is 10.3 Å². The first kappa shape index (κ1) is 16.7. The van der Waals surface area contributed by atoms with Crippen molar-refractivity contribution in [2.24, 2.45) is 0 Å². The summed E-state index contributed by atoms with van der Waals surface area (Å²) in [7, 11) is 0. The van der Waals surface area contributed by atoms with Crippen molar-refractivity contribution in [1.29, 1.82) is 0 Å². The molecule has 0 aliphatic rings. The Kier molecular flexibility index (Phi) is 5.86. The number of carbonyl (C=O) groups excluding carboxylic acids is 2. The average molecular weight is 311 g/mol. The van der Waals surface area contributed by atoms with Crippen molar-refractivity contribution >= 4 is 17.5 Å². The number of rotatable bonds is 6. The van der Waals surface area contributed by atoms with Crippen LogP contribution in [-0.2, 0) is 22.6 Å². The maximum atomic E-state index is 12.1. The molecule has 23 heavy (non-hydrogen) atoms. The zero-order chi connectivity index (χ0) is 16.7. The van der Waals surface area contributed by atoms with Gasteiger partial charge in [0.2, 0.25) is 11.8 Å². The second kappa shape index (κ2) is 8.08. The van der Waals surface area contributed by atoms with Crippen LogP contribution in [0.3, 0.4) is 0 Å². The number of pyridine rings is 1. The van der Waals surface area contributed by atoms with Gasteiger partial charge in [-0.15, -0.1) is 0 Å². The van der Waals surface area contributed by atoms with E-state index in [2.05, 4.69) is 17.2 Å². The molecule has 2 amide bonds. The molecular weight excluding hydrogens is 290 g/mol. The standard InChI is InChI=1S/C18H21N3O2/c1-3-15-7-9-17(10-8-15)21(14(2)22)13-18(23)20-12-16-6-4-5-11-19-16/h4-11H,3,12-13H2,1-2H3,(H,20,23). The normalized spacial score (nSPS) is 10.2. The third-order valence-corrected chi connectivity index (χ3v) is 3.53. The summed E-state index contributed by atoms with van der Waals surface area (Å²) in [4.78, 5) is 29.5. The van der Waals surface area contributed by atoms with Gasteiger partial charge in [0.15, 0.2) is 0 Å². The van der Waals surface area contributed by atoms with Crippen LogP contribution in [0.25, 0.3) is 0 Å². The lowest BCUT2D eigenvalue weighted by atomic mass is 10.1. The van der Waals surface area contributed by atoms with E-state index in [1.54, 1.807) is 6.20 Å². The van der Waals surface area contributed by atoms with E-state index in [4.69, 9.17) is 0 Å². The summed E-state index contributed by atoms with van der Waals surface area (Å²) >= 11 is 0. The molecule has 0 saturated heterocycles. The Hall–Kier alpha value is -2.69. The van der Waals surface area contributed by atoms with Crippen LogP contribution in [0.2, 0.25) is 0 Å². The first-order valence-electron chi connectivity index (χ1n) is 7.63. The summed E-state index contributed by atoms with van der Waals surface area (Å²) in [6.07, 6.45) is 2.61. The SMILES string of the molecule is CCc1ccc(N(CC(=O)NCc2ccccn2)C(C)=O)cc1. The molecule has 0 aliphatic heterocycles. The molecule has 5 heteroatoms. The molecule has 0 radical (unpaired) electrons. The summed E-state index contributed by atoms with van der Waals surface area (Å²) in [6.45, 7) is 3.87. The van der Waals surface area contributed by atoms with E-state index in [-0.39, 0.29) is 18.4 Å². The lowest BCUT2D eigenvalue weighted by molar-refractivity contribution is -0.123. The van der Waals surface area contributed by atoms with Crippen molar-refractivity contribution in [2.75, 3.05) is 11.4 Å². The van der Waals surface area contributed by atoms with Crippen molar-refractivity contribution in [3.63, 3.8) is 0 Å². The molecule has 0 fully saturated rings. The molecule has 1 aromatic carbocycles. The van der Waals surface area contributed by atoms with Crippen LogP contribution in [0.4, 0.5) is 5.69 Å². The van der Waals surface area contributed by atoms with Gasteiger partial charge in [0.1, 0.15) is 6.54 Å². The minimum Gasteiger partial charge on any atom is -0.349 e. The molecule has 1 aromatic heterocycles. The topological polar surface area (TPSA) is 62.3 Å². The van der Waals surface area contributed by atoms with Gasteiger partial charge >= 0.3 is 0 Å². The predicted octanol–water partition coefficient (Wildman–Crippen LogP) is 2.31. The molecule has 5 nitrogen and oxygen atoms in total. The Morgan fingerprint density at radius 1 is 1.13 bits per heavy atom. The first-order chi connectivity index (χ1) is 11.1. The monoisotopic (exact) mass is 311 g/mol. The third kappa shape index (κ3) is 4.92. The van der Waals surface area contributed by atoms with Crippen molar-refractivity contribution < 1.29 is 9.59 Å². The molecule has 1 heterocycles. The first-order valence-corrected chi connectivity index (χ1v) is 7.63. The van der Waals surface area contributed by atoms with Crippen LogP contribution in [0.1, 0.15) is 25.1 Å². The molecule has 0 atom stereocenters. The Balaban J connectivity index is 1.98. The second-order valence-corrected chi connectivity index (χ2v) is 5.22. The Labute approximate surface area is 136 Å².